The standard InChI is InChI=1S/C17H17N3O5/c1-11(13-5-8-15(21)16(10-13)25-2)18-19-17(22)9-12-3-6-14(7-4-12)20(23)24/h3-8,10,21H,9H2,1-2H3,(H,19,22)/b18-11-. The second-order valence-corrected chi connectivity index (χ2v) is 5.22. The number of hydrogen-bond acceptors (Lipinski definition) is 6. The first-order valence-electron chi connectivity index (χ1n) is 7.34. The predicted molar refractivity (Wildman–Crippen MR) is 91.8 cm³/mol. The number of non-ortho nitro benzene ring substituents is 1. The molecule has 0 spiro atoms. The van der Waals surface area contributed by atoms with Gasteiger partial charge in [-0.3, -0.25) is 14.9 Å². The molecule has 2 aromatic rings. The number of carbonyl (C=O) groups is 1. The summed E-state index contributed by atoms with van der Waals surface area (Å²) in [5.74, 6) is -0.0236. The molecule has 0 aromatic heterocycles. The van der Waals surface area contributed by atoms with E-state index in [1.165, 1.54) is 37.4 Å². The fraction of sp³-hybridized carbons (Fsp3) is 0.176. The molecule has 0 bridgehead atoms. The van der Waals surface area contributed by atoms with Crippen LogP contribution in [0.2, 0.25) is 0 Å². The van der Waals surface area contributed by atoms with Crippen molar-refractivity contribution in [2.45, 2.75) is 13.3 Å². The summed E-state index contributed by atoms with van der Waals surface area (Å²) in [4.78, 5) is 22.0. The molecular weight excluding hydrogens is 326 g/mol. The highest BCUT2D eigenvalue weighted by molar-refractivity contribution is 5.99. The Morgan fingerprint density at radius 2 is 1.96 bits per heavy atom. The highest BCUT2D eigenvalue weighted by Gasteiger charge is 2.08. The van der Waals surface area contributed by atoms with Crippen molar-refractivity contribution < 1.29 is 19.6 Å². The predicted octanol–water partition coefficient (Wildman–Crippen LogP) is 2.39. The van der Waals surface area contributed by atoms with Gasteiger partial charge in [0.15, 0.2) is 11.5 Å². The number of ether oxygens (including phenoxy) is 1. The number of phenolic OH excluding ortho intramolecular Hbond substituents is 1. The van der Waals surface area contributed by atoms with Gasteiger partial charge in [-0.2, -0.15) is 5.10 Å². The molecule has 2 rings (SSSR count). The number of hydrazone groups is 1. The second kappa shape index (κ2) is 7.91. The van der Waals surface area contributed by atoms with Crippen molar-refractivity contribution in [3.63, 3.8) is 0 Å². The molecule has 1 amide bonds. The topological polar surface area (TPSA) is 114 Å². The lowest BCUT2D eigenvalue weighted by molar-refractivity contribution is -0.384. The molecule has 25 heavy (non-hydrogen) atoms. The number of aromatic hydroxyl groups is 1. The quantitative estimate of drug-likeness (QED) is 0.475. The van der Waals surface area contributed by atoms with Crippen LogP contribution in [-0.2, 0) is 11.2 Å². The maximum atomic E-state index is 11.9. The largest absolute Gasteiger partial charge is 0.504 e. The van der Waals surface area contributed by atoms with Gasteiger partial charge < -0.3 is 9.84 Å². The minimum atomic E-state index is -0.497. The van der Waals surface area contributed by atoms with Crippen LogP contribution in [0.1, 0.15) is 18.1 Å². The van der Waals surface area contributed by atoms with E-state index in [4.69, 9.17) is 4.74 Å². The Bertz CT molecular complexity index is 816. The van der Waals surface area contributed by atoms with Gasteiger partial charge in [0.05, 0.1) is 24.2 Å². The number of benzene rings is 2. The molecule has 0 atom stereocenters. The van der Waals surface area contributed by atoms with Crippen molar-refractivity contribution in [2.24, 2.45) is 5.10 Å². The van der Waals surface area contributed by atoms with Gasteiger partial charge in [-0.05, 0) is 30.7 Å². The summed E-state index contributed by atoms with van der Waals surface area (Å²) in [6, 6.07) is 10.5. The molecule has 2 N–H and O–H groups in total. The monoisotopic (exact) mass is 343 g/mol. The highest BCUT2D eigenvalue weighted by atomic mass is 16.6. The van der Waals surface area contributed by atoms with Crippen molar-refractivity contribution in [1.29, 1.82) is 0 Å². The fourth-order valence-electron chi connectivity index (χ4n) is 2.07. The minimum absolute atomic E-state index is 0.0151. The van der Waals surface area contributed by atoms with Crippen LogP contribution in [0.5, 0.6) is 11.5 Å². The third kappa shape index (κ3) is 4.77. The van der Waals surface area contributed by atoms with E-state index in [9.17, 15) is 20.0 Å². The average molecular weight is 343 g/mol. The number of hydrogen-bond donors (Lipinski definition) is 2. The molecule has 0 aliphatic carbocycles. The number of carbonyl (C=O) groups excluding carboxylic acids is 1. The van der Waals surface area contributed by atoms with E-state index >= 15 is 0 Å². The van der Waals surface area contributed by atoms with E-state index < -0.39 is 4.92 Å². The van der Waals surface area contributed by atoms with E-state index in [1.54, 1.807) is 19.1 Å². The SMILES string of the molecule is COc1cc(/C(C)=N\NC(=O)Cc2ccc([N+](=O)[O-])cc2)ccc1O. The number of methoxy groups -OCH3 is 1. The summed E-state index contributed by atoms with van der Waals surface area (Å²) in [7, 11) is 1.44. The fourth-order valence-corrected chi connectivity index (χ4v) is 2.07. The number of rotatable bonds is 6. The van der Waals surface area contributed by atoms with Gasteiger partial charge in [-0.1, -0.05) is 12.1 Å². The second-order valence-electron chi connectivity index (χ2n) is 5.22. The molecule has 0 aliphatic rings. The van der Waals surface area contributed by atoms with Gasteiger partial charge >= 0.3 is 0 Å². The van der Waals surface area contributed by atoms with Crippen LogP contribution in [-0.4, -0.2) is 28.8 Å². The number of nitro groups is 1. The summed E-state index contributed by atoms with van der Waals surface area (Å²) in [5, 5.41) is 24.2. The Morgan fingerprint density at radius 3 is 2.56 bits per heavy atom. The molecule has 0 aliphatic heterocycles. The Hall–Kier alpha value is -3.42. The molecule has 0 saturated carbocycles. The summed E-state index contributed by atoms with van der Waals surface area (Å²) in [6.45, 7) is 1.71. The number of nitrogens with zero attached hydrogens (tertiary/aromatic N) is 2. The zero-order valence-electron chi connectivity index (χ0n) is 13.7. The molecule has 8 heteroatoms. The third-order valence-electron chi connectivity index (χ3n) is 3.46. The van der Waals surface area contributed by atoms with Crippen LogP contribution < -0.4 is 10.2 Å². The van der Waals surface area contributed by atoms with Gasteiger partial charge in [-0.15, -0.1) is 0 Å². The van der Waals surface area contributed by atoms with Crippen molar-refractivity contribution >= 4 is 17.3 Å². The molecule has 130 valence electrons. The minimum Gasteiger partial charge on any atom is -0.504 e. The van der Waals surface area contributed by atoms with Gasteiger partial charge in [-0.25, -0.2) is 5.43 Å². The molecule has 0 fully saturated rings. The molecule has 0 heterocycles. The third-order valence-corrected chi connectivity index (χ3v) is 3.46. The Balaban J connectivity index is 2.00. The van der Waals surface area contributed by atoms with Crippen molar-refractivity contribution in [3.8, 4) is 11.5 Å². The highest BCUT2D eigenvalue weighted by Crippen LogP contribution is 2.26. The molecule has 0 radical (unpaired) electrons. The first-order valence-corrected chi connectivity index (χ1v) is 7.34. The van der Waals surface area contributed by atoms with Crippen LogP contribution in [0.4, 0.5) is 5.69 Å². The Kier molecular flexibility index (Phi) is 5.67. The summed E-state index contributed by atoms with van der Waals surface area (Å²) in [5.41, 5.74) is 4.27. The van der Waals surface area contributed by atoms with Crippen LogP contribution in [0, 0.1) is 10.1 Å². The first-order chi connectivity index (χ1) is 11.9. The Morgan fingerprint density at radius 1 is 1.28 bits per heavy atom. The summed E-state index contributed by atoms with van der Waals surface area (Å²) < 4.78 is 5.03. The van der Waals surface area contributed by atoms with Gasteiger partial charge in [0, 0.05) is 17.7 Å². The number of nitrogens with one attached hydrogen (secondary N) is 1. The lowest BCUT2D eigenvalue weighted by atomic mass is 10.1. The summed E-state index contributed by atoms with van der Waals surface area (Å²) in [6.07, 6.45) is 0.0493. The van der Waals surface area contributed by atoms with Crippen molar-refractivity contribution in [2.75, 3.05) is 7.11 Å². The smallest absolute Gasteiger partial charge is 0.269 e. The zero-order valence-corrected chi connectivity index (χ0v) is 13.7. The number of nitro benzene ring substituents is 1. The van der Waals surface area contributed by atoms with E-state index in [0.717, 1.165) is 0 Å². The lowest BCUT2D eigenvalue weighted by Gasteiger charge is -2.07. The normalized spacial score (nSPS) is 11.0. The molecule has 8 nitrogen and oxygen atoms in total. The van der Waals surface area contributed by atoms with Crippen molar-refractivity contribution in [3.05, 3.63) is 63.7 Å². The van der Waals surface area contributed by atoms with E-state index in [1.807, 2.05) is 0 Å². The van der Waals surface area contributed by atoms with Crippen molar-refractivity contribution in [1.82, 2.24) is 5.43 Å². The molecule has 0 unspecified atom stereocenters. The van der Waals surface area contributed by atoms with E-state index in [0.29, 0.717) is 22.6 Å². The molecule has 2 aromatic carbocycles. The van der Waals surface area contributed by atoms with Crippen LogP contribution in [0.25, 0.3) is 0 Å². The first kappa shape index (κ1) is 17.9. The molecule has 0 saturated heterocycles. The lowest BCUT2D eigenvalue weighted by Crippen LogP contribution is -2.21. The van der Waals surface area contributed by atoms with Crippen LogP contribution in [0.3, 0.4) is 0 Å². The number of amides is 1. The van der Waals surface area contributed by atoms with Gasteiger partial charge in [0.1, 0.15) is 0 Å². The van der Waals surface area contributed by atoms with Gasteiger partial charge in [0.25, 0.3) is 5.69 Å². The van der Waals surface area contributed by atoms with E-state index in [-0.39, 0.29) is 23.8 Å². The molecular formula is C17H17N3O5. The average Bonchev–Trinajstić information content (AvgIpc) is 2.60. The van der Waals surface area contributed by atoms with E-state index in [2.05, 4.69) is 10.5 Å². The summed E-state index contributed by atoms with van der Waals surface area (Å²) >= 11 is 0. The van der Waals surface area contributed by atoms with Gasteiger partial charge in [0.2, 0.25) is 5.91 Å². The number of phenols is 1. The Labute approximate surface area is 143 Å². The van der Waals surface area contributed by atoms with Crippen LogP contribution in [0.15, 0.2) is 47.6 Å². The van der Waals surface area contributed by atoms with Crippen LogP contribution >= 0.6 is 0 Å². The zero-order chi connectivity index (χ0) is 18.4. The maximum Gasteiger partial charge on any atom is 0.269 e. The maximum absolute atomic E-state index is 11.9.